The lowest BCUT2D eigenvalue weighted by Crippen LogP contribution is -2.26. The molecule has 0 saturated heterocycles. The molecular weight excluding hydrogens is 220 g/mol. The molecule has 0 unspecified atom stereocenters. The number of rotatable bonds is 5. The number of pyridine rings is 1. The van der Waals surface area contributed by atoms with Gasteiger partial charge in [0.15, 0.2) is 0 Å². The third-order valence-corrected chi connectivity index (χ3v) is 3.47. The summed E-state index contributed by atoms with van der Waals surface area (Å²) < 4.78 is 0. The number of aromatic nitrogens is 1. The van der Waals surface area contributed by atoms with Gasteiger partial charge in [0, 0.05) is 23.7 Å². The van der Waals surface area contributed by atoms with Crippen LogP contribution in [0.3, 0.4) is 0 Å². The molecule has 0 aliphatic heterocycles. The molecular formula is C16H22N2. The summed E-state index contributed by atoms with van der Waals surface area (Å²) in [6, 6.07) is 11.4. The standard InChI is InChI=1S/C16H22N2/c1-4-15(5-2)17-11-13-7-9-16-14(10-13)8-6-12(3)18-16/h6-10,15,17H,4-5,11H2,1-3H3. The topological polar surface area (TPSA) is 24.9 Å². The summed E-state index contributed by atoms with van der Waals surface area (Å²) in [7, 11) is 0. The molecule has 1 N–H and O–H groups in total. The molecule has 96 valence electrons. The molecule has 0 spiro atoms. The smallest absolute Gasteiger partial charge is 0.0705 e. The van der Waals surface area contributed by atoms with Crippen LogP contribution in [0.25, 0.3) is 10.9 Å². The van der Waals surface area contributed by atoms with E-state index in [4.69, 9.17) is 0 Å². The number of hydrogen-bond donors (Lipinski definition) is 1. The van der Waals surface area contributed by atoms with E-state index in [1.165, 1.54) is 23.8 Å². The van der Waals surface area contributed by atoms with Crippen LogP contribution < -0.4 is 5.32 Å². The fourth-order valence-corrected chi connectivity index (χ4v) is 2.23. The normalized spacial score (nSPS) is 11.3. The van der Waals surface area contributed by atoms with Crippen LogP contribution in [0.2, 0.25) is 0 Å². The number of fused-ring (bicyclic) bond motifs is 1. The van der Waals surface area contributed by atoms with Gasteiger partial charge in [-0.1, -0.05) is 26.0 Å². The van der Waals surface area contributed by atoms with Crippen molar-refractivity contribution in [1.29, 1.82) is 0 Å². The van der Waals surface area contributed by atoms with E-state index in [-0.39, 0.29) is 0 Å². The van der Waals surface area contributed by atoms with Crippen molar-refractivity contribution in [2.45, 2.75) is 46.2 Å². The van der Waals surface area contributed by atoms with Gasteiger partial charge in [-0.25, -0.2) is 0 Å². The zero-order chi connectivity index (χ0) is 13.0. The van der Waals surface area contributed by atoms with Crippen molar-refractivity contribution in [3.8, 4) is 0 Å². The van der Waals surface area contributed by atoms with E-state index in [2.05, 4.69) is 54.5 Å². The minimum atomic E-state index is 0.622. The Kier molecular flexibility index (Phi) is 4.32. The Bertz CT molecular complexity index is 515. The molecule has 2 rings (SSSR count). The number of benzene rings is 1. The molecule has 2 nitrogen and oxygen atoms in total. The van der Waals surface area contributed by atoms with Crippen LogP contribution in [0.4, 0.5) is 0 Å². The summed E-state index contributed by atoms with van der Waals surface area (Å²) in [5, 5.41) is 4.82. The largest absolute Gasteiger partial charge is 0.310 e. The first-order valence-corrected chi connectivity index (χ1v) is 6.82. The van der Waals surface area contributed by atoms with Crippen molar-refractivity contribution in [3.05, 3.63) is 41.6 Å². The second-order valence-corrected chi connectivity index (χ2v) is 4.87. The average molecular weight is 242 g/mol. The fraction of sp³-hybridized carbons (Fsp3) is 0.438. The minimum absolute atomic E-state index is 0.622. The first-order chi connectivity index (χ1) is 8.72. The number of hydrogen-bond acceptors (Lipinski definition) is 2. The lowest BCUT2D eigenvalue weighted by atomic mass is 10.1. The van der Waals surface area contributed by atoms with Gasteiger partial charge >= 0.3 is 0 Å². The third kappa shape index (κ3) is 3.08. The Morgan fingerprint density at radius 1 is 1.11 bits per heavy atom. The second-order valence-electron chi connectivity index (χ2n) is 4.87. The van der Waals surface area contributed by atoms with Gasteiger partial charge in [-0.3, -0.25) is 4.98 Å². The van der Waals surface area contributed by atoms with Crippen LogP contribution in [0.5, 0.6) is 0 Å². The van der Waals surface area contributed by atoms with Gasteiger partial charge in [0.1, 0.15) is 0 Å². The van der Waals surface area contributed by atoms with Crippen molar-refractivity contribution in [2.24, 2.45) is 0 Å². The molecule has 1 heterocycles. The molecule has 0 aliphatic carbocycles. The summed E-state index contributed by atoms with van der Waals surface area (Å²) in [5.74, 6) is 0. The molecule has 0 amide bonds. The van der Waals surface area contributed by atoms with E-state index in [1.807, 2.05) is 6.92 Å². The maximum absolute atomic E-state index is 4.52. The maximum Gasteiger partial charge on any atom is 0.0705 e. The molecule has 2 aromatic rings. The van der Waals surface area contributed by atoms with E-state index >= 15 is 0 Å². The highest BCUT2D eigenvalue weighted by Gasteiger charge is 2.03. The minimum Gasteiger partial charge on any atom is -0.310 e. The van der Waals surface area contributed by atoms with Crippen molar-refractivity contribution in [1.82, 2.24) is 10.3 Å². The molecule has 2 heteroatoms. The molecule has 18 heavy (non-hydrogen) atoms. The molecule has 0 saturated carbocycles. The Hall–Kier alpha value is -1.41. The van der Waals surface area contributed by atoms with Crippen LogP contribution in [0, 0.1) is 6.92 Å². The predicted molar refractivity (Wildman–Crippen MR) is 77.7 cm³/mol. The third-order valence-electron chi connectivity index (χ3n) is 3.47. The van der Waals surface area contributed by atoms with Crippen molar-refractivity contribution < 1.29 is 0 Å². The summed E-state index contributed by atoms with van der Waals surface area (Å²) >= 11 is 0. The quantitative estimate of drug-likeness (QED) is 0.862. The van der Waals surface area contributed by atoms with Crippen LogP contribution in [-0.2, 0) is 6.54 Å². The highest BCUT2D eigenvalue weighted by molar-refractivity contribution is 5.79. The summed E-state index contributed by atoms with van der Waals surface area (Å²) in [6.07, 6.45) is 2.37. The summed E-state index contributed by atoms with van der Waals surface area (Å²) in [4.78, 5) is 4.52. The van der Waals surface area contributed by atoms with Crippen LogP contribution in [0.15, 0.2) is 30.3 Å². The Labute approximate surface area is 109 Å². The Morgan fingerprint density at radius 2 is 1.89 bits per heavy atom. The monoisotopic (exact) mass is 242 g/mol. The highest BCUT2D eigenvalue weighted by atomic mass is 14.9. The van der Waals surface area contributed by atoms with Gasteiger partial charge in [-0.2, -0.15) is 0 Å². The average Bonchev–Trinajstić information content (AvgIpc) is 2.40. The molecule has 0 atom stereocenters. The number of aryl methyl sites for hydroxylation is 1. The van der Waals surface area contributed by atoms with Crippen molar-refractivity contribution in [3.63, 3.8) is 0 Å². The van der Waals surface area contributed by atoms with Crippen LogP contribution in [-0.4, -0.2) is 11.0 Å². The molecule has 1 aromatic carbocycles. The summed E-state index contributed by atoms with van der Waals surface area (Å²) in [6.45, 7) is 7.43. The predicted octanol–water partition coefficient (Wildman–Crippen LogP) is 3.82. The van der Waals surface area contributed by atoms with E-state index in [0.717, 1.165) is 17.8 Å². The van der Waals surface area contributed by atoms with Gasteiger partial charge in [-0.15, -0.1) is 0 Å². The zero-order valence-electron chi connectivity index (χ0n) is 11.5. The first-order valence-electron chi connectivity index (χ1n) is 6.82. The van der Waals surface area contributed by atoms with Gasteiger partial charge in [0.25, 0.3) is 0 Å². The lowest BCUT2D eigenvalue weighted by molar-refractivity contribution is 0.484. The molecule has 1 aromatic heterocycles. The molecule has 0 aliphatic rings. The summed E-state index contributed by atoms with van der Waals surface area (Å²) in [5.41, 5.74) is 3.49. The van der Waals surface area contributed by atoms with Crippen LogP contribution in [0.1, 0.15) is 37.9 Å². The van der Waals surface area contributed by atoms with Gasteiger partial charge in [0.2, 0.25) is 0 Å². The Morgan fingerprint density at radius 3 is 2.61 bits per heavy atom. The van der Waals surface area contributed by atoms with Gasteiger partial charge < -0.3 is 5.32 Å². The lowest BCUT2D eigenvalue weighted by Gasteiger charge is -2.14. The van der Waals surface area contributed by atoms with E-state index in [1.54, 1.807) is 0 Å². The highest BCUT2D eigenvalue weighted by Crippen LogP contribution is 2.15. The van der Waals surface area contributed by atoms with E-state index < -0.39 is 0 Å². The van der Waals surface area contributed by atoms with E-state index in [0.29, 0.717) is 6.04 Å². The van der Waals surface area contributed by atoms with Gasteiger partial charge in [0.05, 0.1) is 5.52 Å². The zero-order valence-corrected chi connectivity index (χ0v) is 11.5. The van der Waals surface area contributed by atoms with Crippen molar-refractivity contribution in [2.75, 3.05) is 0 Å². The SMILES string of the molecule is CCC(CC)NCc1ccc2nc(C)ccc2c1. The number of nitrogens with one attached hydrogen (secondary N) is 1. The van der Waals surface area contributed by atoms with Gasteiger partial charge in [-0.05, 0) is 43.5 Å². The van der Waals surface area contributed by atoms with Crippen molar-refractivity contribution >= 4 is 10.9 Å². The fourth-order valence-electron chi connectivity index (χ4n) is 2.23. The second kappa shape index (κ2) is 5.96. The first kappa shape index (κ1) is 13.0. The molecule has 0 radical (unpaired) electrons. The molecule has 0 bridgehead atoms. The maximum atomic E-state index is 4.52. The number of nitrogens with zero attached hydrogens (tertiary/aromatic N) is 1. The molecule has 0 fully saturated rings. The Balaban J connectivity index is 2.12. The van der Waals surface area contributed by atoms with Crippen LogP contribution >= 0.6 is 0 Å². The van der Waals surface area contributed by atoms with E-state index in [9.17, 15) is 0 Å².